The fraction of sp³-hybridized carbons (Fsp3) is 0.0769. The molecule has 19 heavy (non-hydrogen) atoms. The van der Waals surface area contributed by atoms with E-state index in [1.807, 2.05) is 6.92 Å². The lowest BCUT2D eigenvalue weighted by Crippen LogP contribution is -2.27. The summed E-state index contributed by atoms with van der Waals surface area (Å²) in [4.78, 5) is 23.3. The van der Waals surface area contributed by atoms with Crippen molar-refractivity contribution < 1.29 is 9.59 Å². The number of aromatic nitrogens is 1. The molecule has 0 aliphatic heterocycles. The Bertz CT molecular complexity index is 632. The molecular weight excluding hydrogens is 310 g/mol. The van der Waals surface area contributed by atoms with Gasteiger partial charge in [0.25, 0.3) is 11.8 Å². The number of primary amides is 1. The minimum Gasteiger partial charge on any atom is -0.364 e. The van der Waals surface area contributed by atoms with Crippen molar-refractivity contribution in [3.8, 4) is 0 Å². The largest absolute Gasteiger partial charge is 0.364 e. The van der Waals surface area contributed by atoms with Gasteiger partial charge in [-0.05, 0) is 42.8 Å². The van der Waals surface area contributed by atoms with E-state index in [0.717, 1.165) is 10.0 Å². The lowest BCUT2D eigenvalue weighted by Gasteiger charge is -2.09. The lowest BCUT2D eigenvalue weighted by molar-refractivity contribution is 0.0988. The molecule has 0 bridgehead atoms. The third-order valence-electron chi connectivity index (χ3n) is 2.54. The van der Waals surface area contributed by atoms with E-state index in [-0.39, 0.29) is 11.6 Å². The van der Waals surface area contributed by atoms with Gasteiger partial charge in [0, 0.05) is 16.2 Å². The molecule has 1 aromatic carbocycles. The van der Waals surface area contributed by atoms with Crippen LogP contribution in [0.4, 0.5) is 0 Å². The molecule has 2 rings (SSSR count). The van der Waals surface area contributed by atoms with Crippen LogP contribution in [0.25, 0.3) is 0 Å². The normalized spacial score (nSPS) is 10.2. The number of nitrogens with zero attached hydrogens (tertiary/aromatic N) is 1. The standard InChI is InChI=1S/C13H12BrN3O2/c1-8-6-11(12(15)18)17(7-8)16-13(19)9-2-4-10(14)5-3-9/h2-7H,1H3,(H2,15,18)(H,16,19). The first-order valence-corrected chi connectivity index (χ1v) is 6.32. The van der Waals surface area contributed by atoms with E-state index in [1.54, 1.807) is 36.5 Å². The van der Waals surface area contributed by atoms with Gasteiger partial charge in [0.1, 0.15) is 5.69 Å². The van der Waals surface area contributed by atoms with Crippen molar-refractivity contribution >= 4 is 27.7 Å². The molecule has 0 fully saturated rings. The zero-order valence-corrected chi connectivity index (χ0v) is 11.8. The summed E-state index contributed by atoms with van der Waals surface area (Å²) in [5, 5.41) is 0. The molecule has 0 atom stereocenters. The number of benzene rings is 1. The molecule has 0 aliphatic rings. The number of carbonyl (C=O) groups excluding carboxylic acids is 2. The second kappa shape index (κ2) is 5.27. The smallest absolute Gasteiger partial charge is 0.270 e. The molecular formula is C13H12BrN3O2. The highest BCUT2D eigenvalue weighted by Crippen LogP contribution is 2.11. The van der Waals surface area contributed by atoms with Gasteiger partial charge in [0.05, 0.1) is 0 Å². The Kier molecular flexibility index (Phi) is 3.71. The molecule has 98 valence electrons. The number of hydrogen-bond donors (Lipinski definition) is 2. The third-order valence-corrected chi connectivity index (χ3v) is 3.07. The van der Waals surface area contributed by atoms with Crippen molar-refractivity contribution in [1.29, 1.82) is 0 Å². The molecule has 2 aromatic rings. The molecule has 0 aliphatic carbocycles. The number of aryl methyl sites for hydroxylation is 1. The van der Waals surface area contributed by atoms with Crippen LogP contribution in [-0.4, -0.2) is 16.5 Å². The summed E-state index contributed by atoms with van der Waals surface area (Å²) < 4.78 is 2.22. The molecule has 0 saturated heterocycles. The van der Waals surface area contributed by atoms with Crippen LogP contribution in [0.15, 0.2) is 41.0 Å². The molecule has 0 saturated carbocycles. The molecule has 6 heteroatoms. The molecule has 1 heterocycles. The van der Waals surface area contributed by atoms with E-state index in [0.29, 0.717) is 5.56 Å². The average Bonchev–Trinajstić information content (AvgIpc) is 2.71. The highest BCUT2D eigenvalue weighted by molar-refractivity contribution is 9.10. The van der Waals surface area contributed by atoms with Crippen LogP contribution in [0.3, 0.4) is 0 Å². The quantitative estimate of drug-likeness (QED) is 0.907. The zero-order valence-electron chi connectivity index (χ0n) is 10.2. The molecule has 3 N–H and O–H groups in total. The van der Waals surface area contributed by atoms with E-state index in [4.69, 9.17) is 5.73 Å². The van der Waals surface area contributed by atoms with Gasteiger partial charge in [0.2, 0.25) is 0 Å². The minimum absolute atomic E-state index is 0.239. The molecule has 0 unspecified atom stereocenters. The van der Waals surface area contributed by atoms with E-state index in [2.05, 4.69) is 21.4 Å². The Morgan fingerprint density at radius 2 is 1.89 bits per heavy atom. The first-order chi connectivity index (χ1) is 8.97. The predicted molar refractivity (Wildman–Crippen MR) is 75.5 cm³/mol. The van der Waals surface area contributed by atoms with Crippen molar-refractivity contribution in [3.63, 3.8) is 0 Å². The van der Waals surface area contributed by atoms with Gasteiger partial charge in [-0.2, -0.15) is 0 Å². The fourth-order valence-corrected chi connectivity index (χ4v) is 1.92. The van der Waals surface area contributed by atoms with Crippen LogP contribution >= 0.6 is 15.9 Å². The van der Waals surface area contributed by atoms with Crippen molar-refractivity contribution in [2.75, 3.05) is 5.43 Å². The minimum atomic E-state index is -0.593. The molecule has 1 aromatic heterocycles. The Morgan fingerprint density at radius 3 is 2.47 bits per heavy atom. The summed E-state index contributed by atoms with van der Waals surface area (Å²) in [6.07, 6.45) is 1.64. The second-order valence-electron chi connectivity index (χ2n) is 4.08. The van der Waals surface area contributed by atoms with Gasteiger partial charge < -0.3 is 5.73 Å². The van der Waals surface area contributed by atoms with Crippen molar-refractivity contribution in [2.24, 2.45) is 5.73 Å². The maximum Gasteiger partial charge on any atom is 0.270 e. The maximum absolute atomic E-state index is 12.0. The molecule has 0 spiro atoms. The van der Waals surface area contributed by atoms with E-state index in [9.17, 15) is 9.59 Å². The molecule has 0 radical (unpaired) electrons. The van der Waals surface area contributed by atoms with Crippen molar-refractivity contribution in [3.05, 3.63) is 57.8 Å². The number of rotatable bonds is 3. The fourth-order valence-electron chi connectivity index (χ4n) is 1.65. The first kappa shape index (κ1) is 13.4. The van der Waals surface area contributed by atoms with Crippen LogP contribution in [-0.2, 0) is 0 Å². The van der Waals surface area contributed by atoms with E-state index in [1.165, 1.54) is 4.68 Å². The van der Waals surface area contributed by atoms with Crippen LogP contribution < -0.4 is 11.2 Å². The Labute approximate surface area is 118 Å². The summed E-state index contributed by atoms with van der Waals surface area (Å²) in [5.41, 5.74) is 9.42. The highest BCUT2D eigenvalue weighted by atomic mass is 79.9. The lowest BCUT2D eigenvalue weighted by atomic mass is 10.2. The van der Waals surface area contributed by atoms with Crippen molar-refractivity contribution in [1.82, 2.24) is 4.68 Å². The number of hydrogen-bond acceptors (Lipinski definition) is 2. The molecule has 2 amide bonds. The summed E-state index contributed by atoms with van der Waals surface area (Å²) in [7, 11) is 0. The highest BCUT2D eigenvalue weighted by Gasteiger charge is 2.12. The zero-order chi connectivity index (χ0) is 14.0. The topological polar surface area (TPSA) is 77.1 Å². The number of amides is 2. The van der Waals surface area contributed by atoms with Gasteiger partial charge in [-0.3, -0.25) is 19.7 Å². The number of nitrogens with one attached hydrogen (secondary N) is 1. The number of nitrogens with two attached hydrogens (primary N) is 1. The number of carbonyl (C=O) groups is 2. The van der Waals surface area contributed by atoms with Crippen LogP contribution in [0.5, 0.6) is 0 Å². The summed E-state index contributed by atoms with van der Waals surface area (Å²) in [5.74, 6) is -0.908. The van der Waals surface area contributed by atoms with E-state index < -0.39 is 5.91 Å². The van der Waals surface area contributed by atoms with Gasteiger partial charge >= 0.3 is 0 Å². The van der Waals surface area contributed by atoms with Gasteiger partial charge in [-0.15, -0.1) is 0 Å². The Hall–Kier alpha value is -2.08. The monoisotopic (exact) mass is 321 g/mol. The SMILES string of the molecule is Cc1cc(C(N)=O)n(NC(=O)c2ccc(Br)cc2)c1. The Morgan fingerprint density at radius 1 is 1.26 bits per heavy atom. The molecule has 5 nitrogen and oxygen atoms in total. The van der Waals surface area contributed by atoms with Crippen LogP contribution in [0, 0.1) is 6.92 Å². The van der Waals surface area contributed by atoms with E-state index >= 15 is 0 Å². The number of halogens is 1. The third kappa shape index (κ3) is 3.03. The first-order valence-electron chi connectivity index (χ1n) is 5.53. The van der Waals surface area contributed by atoms with Crippen LogP contribution in [0.2, 0.25) is 0 Å². The maximum atomic E-state index is 12.0. The van der Waals surface area contributed by atoms with Crippen molar-refractivity contribution in [2.45, 2.75) is 6.92 Å². The van der Waals surface area contributed by atoms with Crippen LogP contribution in [0.1, 0.15) is 26.4 Å². The van der Waals surface area contributed by atoms with Gasteiger partial charge in [0.15, 0.2) is 0 Å². The van der Waals surface area contributed by atoms with Gasteiger partial charge in [-0.1, -0.05) is 15.9 Å². The predicted octanol–water partition coefficient (Wildman–Crippen LogP) is 2.04. The summed E-state index contributed by atoms with van der Waals surface area (Å²) >= 11 is 3.30. The summed E-state index contributed by atoms with van der Waals surface area (Å²) in [6, 6.07) is 8.51. The van der Waals surface area contributed by atoms with Gasteiger partial charge in [-0.25, -0.2) is 0 Å². The Balaban J connectivity index is 2.24. The summed E-state index contributed by atoms with van der Waals surface area (Å²) in [6.45, 7) is 1.81. The second-order valence-corrected chi connectivity index (χ2v) is 5.00. The average molecular weight is 322 g/mol.